The van der Waals surface area contributed by atoms with Crippen LogP contribution < -0.4 is 5.32 Å². The van der Waals surface area contributed by atoms with E-state index in [0.29, 0.717) is 17.1 Å². The summed E-state index contributed by atoms with van der Waals surface area (Å²) in [5, 5.41) is 3.04. The summed E-state index contributed by atoms with van der Waals surface area (Å²) in [5.41, 5.74) is 0.620. The molecule has 27 heavy (non-hydrogen) atoms. The second-order valence-corrected chi connectivity index (χ2v) is 7.58. The van der Waals surface area contributed by atoms with Gasteiger partial charge in [-0.15, -0.1) is 11.3 Å². The predicted octanol–water partition coefficient (Wildman–Crippen LogP) is 2.07. The second kappa shape index (κ2) is 9.29. The maximum absolute atomic E-state index is 12.4. The third-order valence-electron chi connectivity index (χ3n) is 4.31. The molecule has 1 aliphatic heterocycles. The number of esters is 2. The van der Waals surface area contributed by atoms with Gasteiger partial charge < -0.3 is 19.5 Å². The van der Waals surface area contributed by atoms with Crippen LogP contribution in [0.5, 0.6) is 0 Å². The van der Waals surface area contributed by atoms with E-state index in [1.54, 1.807) is 6.92 Å². The smallest absolute Gasteiger partial charge is 0.348 e. The van der Waals surface area contributed by atoms with E-state index in [2.05, 4.69) is 10.2 Å². The van der Waals surface area contributed by atoms with E-state index in [0.717, 1.165) is 24.4 Å². The van der Waals surface area contributed by atoms with Gasteiger partial charge in [0.1, 0.15) is 9.88 Å². The molecule has 0 spiro atoms. The third kappa shape index (κ3) is 5.27. The molecule has 0 radical (unpaired) electrons. The highest BCUT2D eigenvalue weighted by atomic mass is 32.1. The summed E-state index contributed by atoms with van der Waals surface area (Å²) < 4.78 is 15.2. The normalized spacial score (nSPS) is 20.2. The maximum atomic E-state index is 12.4. The Labute approximate surface area is 162 Å². The summed E-state index contributed by atoms with van der Waals surface area (Å²) in [6, 6.07) is 0. The Morgan fingerprint density at radius 1 is 1.15 bits per heavy atom. The number of rotatable bonds is 6. The summed E-state index contributed by atoms with van der Waals surface area (Å²) in [5.74, 6) is -1.39. The van der Waals surface area contributed by atoms with E-state index in [1.807, 2.05) is 13.8 Å². The second-order valence-electron chi connectivity index (χ2n) is 6.56. The third-order valence-corrected chi connectivity index (χ3v) is 5.50. The molecule has 0 unspecified atom stereocenters. The molecule has 1 aliphatic rings. The molecule has 2 atom stereocenters. The van der Waals surface area contributed by atoms with Crippen molar-refractivity contribution in [3.05, 3.63) is 16.0 Å². The van der Waals surface area contributed by atoms with Gasteiger partial charge in [-0.05, 0) is 26.3 Å². The lowest BCUT2D eigenvalue weighted by molar-refractivity contribution is -0.117. The maximum Gasteiger partial charge on any atom is 0.348 e. The van der Waals surface area contributed by atoms with E-state index in [-0.39, 0.29) is 35.0 Å². The van der Waals surface area contributed by atoms with Crippen molar-refractivity contribution in [2.24, 2.45) is 0 Å². The summed E-state index contributed by atoms with van der Waals surface area (Å²) in [7, 11) is 2.52. The fraction of sp³-hybridized carbons (Fsp3) is 0.611. The number of ether oxygens (including phenoxy) is 3. The lowest BCUT2D eigenvalue weighted by Gasteiger charge is -2.35. The molecule has 1 aromatic heterocycles. The molecule has 2 rings (SSSR count). The van der Waals surface area contributed by atoms with Crippen LogP contribution in [0.4, 0.5) is 5.00 Å². The lowest BCUT2D eigenvalue weighted by atomic mass is 10.1. The van der Waals surface area contributed by atoms with Crippen LogP contribution in [0.15, 0.2) is 0 Å². The molecule has 8 nitrogen and oxygen atoms in total. The molecule has 1 N–H and O–H groups in total. The van der Waals surface area contributed by atoms with E-state index in [4.69, 9.17) is 14.2 Å². The van der Waals surface area contributed by atoms with Crippen LogP contribution in [0, 0.1) is 6.92 Å². The fourth-order valence-electron chi connectivity index (χ4n) is 3.15. The van der Waals surface area contributed by atoms with Crippen molar-refractivity contribution in [3.63, 3.8) is 0 Å². The van der Waals surface area contributed by atoms with Crippen LogP contribution in [0.3, 0.4) is 0 Å². The molecule has 1 amide bonds. The molecule has 2 heterocycles. The van der Waals surface area contributed by atoms with Gasteiger partial charge in [0.15, 0.2) is 0 Å². The molecule has 1 fully saturated rings. The van der Waals surface area contributed by atoms with Gasteiger partial charge in [-0.3, -0.25) is 9.69 Å². The van der Waals surface area contributed by atoms with Gasteiger partial charge in [0.25, 0.3) is 0 Å². The van der Waals surface area contributed by atoms with Crippen LogP contribution in [-0.4, -0.2) is 68.8 Å². The zero-order valence-corrected chi connectivity index (χ0v) is 17.1. The monoisotopic (exact) mass is 398 g/mol. The Balaban J connectivity index is 2.08. The van der Waals surface area contributed by atoms with Crippen molar-refractivity contribution >= 4 is 34.2 Å². The van der Waals surface area contributed by atoms with Gasteiger partial charge in [-0.2, -0.15) is 0 Å². The SMILES string of the molecule is COC(=O)c1sc(NC(=O)CCN2C[C@@H](C)O[C@H](C)C2)c(C(=O)OC)c1C. The first-order valence-corrected chi connectivity index (χ1v) is 9.56. The van der Waals surface area contributed by atoms with Gasteiger partial charge in [-0.25, -0.2) is 9.59 Å². The number of nitrogens with zero attached hydrogens (tertiary/aromatic N) is 1. The van der Waals surface area contributed by atoms with Crippen molar-refractivity contribution in [2.45, 2.75) is 39.4 Å². The lowest BCUT2D eigenvalue weighted by Crippen LogP contribution is -2.46. The average molecular weight is 398 g/mol. The van der Waals surface area contributed by atoms with Gasteiger partial charge in [0.05, 0.1) is 32.0 Å². The zero-order chi connectivity index (χ0) is 20.1. The molecule has 0 aromatic carbocycles. The number of anilines is 1. The predicted molar refractivity (Wildman–Crippen MR) is 101 cm³/mol. The zero-order valence-electron chi connectivity index (χ0n) is 16.3. The van der Waals surface area contributed by atoms with E-state index in [1.165, 1.54) is 14.2 Å². The molecular weight excluding hydrogens is 372 g/mol. The van der Waals surface area contributed by atoms with Crippen LogP contribution in [0.25, 0.3) is 0 Å². The molecule has 0 bridgehead atoms. The molecule has 9 heteroatoms. The Morgan fingerprint density at radius 2 is 1.74 bits per heavy atom. The minimum atomic E-state index is -0.606. The first-order valence-electron chi connectivity index (χ1n) is 8.74. The van der Waals surface area contributed by atoms with Crippen LogP contribution >= 0.6 is 11.3 Å². The standard InChI is InChI=1S/C18H26N2O6S/c1-10-8-20(9-11(2)26-10)7-6-13(21)19-16-14(17(22)24-4)12(3)15(27-16)18(23)25-5/h10-11H,6-9H2,1-5H3,(H,19,21)/t10-,11-/m1/s1. The number of morpholine rings is 1. The first kappa shape index (κ1) is 21.3. The van der Waals surface area contributed by atoms with Gasteiger partial charge >= 0.3 is 11.9 Å². The number of methoxy groups -OCH3 is 2. The topological polar surface area (TPSA) is 94.2 Å². The van der Waals surface area contributed by atoms with E-state index < -0.39 is 11.9 Å². The fourth-order valence-corrected chi connectivity index (χ4v) is 4.28. The quantitative estimate of drug-likeness (QED) is 0.733. The number of hydrogen-bond donors (Lipinski definition) is 1. The highest BCUT2D eigenvalue weighted by molar-refractivity contribution is 7.18. The molecule has 0 saturated carbocycles. The number of hydrogen-bond acceptors (Lipinski definition) is 8. The number of thiophene rings is 1. The Hall–Kier alpha value is -1.97. The molecular formula is C18H26N2O6S. The summed E-state index contributed by atoms with van der Waals surface area (Å²) in [4.78, 5) is 38.9. The van der Waals surface area contributed by atoms with Crippen molar-refractivity contribution < 1.29 is 28.6 Å². The largest absolute Gasteiger partial charge is 0.465 e. The molecule has 1 saturated heterocycles. The van der Waals surface area contributed by atoms with Gasteiger partial charge in [-0.1, -0.05) is 0 Å². The van der Waals surface area contributed by atoms with Crippen LogP contribution in [0.1, 0.15) is 45.9 Å². The number of amides is 1. The minimum absolute atomic E-state index is 0.130. The van der Waals surface area contributed by atoms with Crippen LogP contribution in [0.2, 0.25) is 0 Å². The Morgan fingerprint density at radius 3 is 2.30 bits per heavy atom. The summed E-state index contributed by atoms with van der Waals surface area (Å²) in [6.45, 7) is 7.78. The Kier molecular flexibility index (Phi) is 7.34. The van der Waals surface area contributed by atoms with Gasteiger partial charge in [0.2, 0.25) is 5.91 Å². The highest BCUT2D eigenvalue weighted by Crippen LogP contribution is 2.34. The average Bonchev–Trinajstić information content (AvgIpc) is 2.94. The minimum Gasteiger partial charge on any atom is -0.465 e. The molecule has 150 valence electrons. The van der Waals surface area contributed by atoms with Crippen molar-refractivity contribution in [1.82, 2.24) is 4.90 Å². The Bertz CT molecular complexity index is 707. The van der Waals surface area contributed by atoms with Gasteiger partial charge in [0, 0.05) is 26.1 Å². The number of carbonyl (C=O) groups excluding carboxylic acids is 3. The van der Waals surface area contributed by atoms with Crippen LogP contribution in [-0.2, 0) is 19.0 Å². The van der Waals surface area contributed by atoms with Crippen molar-refractivity contribution in [3.8, 4) is 0 Å². The first-order chi connectivity index (χ1) is 12.8. The van der Waals surface area contributed by atoms with E-state index >= 15 is 0 Å². The summed E-state index contributed by atoms with van der Waals surface area (Å²) >= 11 is 1.01. The summed E-state index contributed by atoms with van der Waals surface area (Å²) in [6.07, 6.45) is 0.528. The number of nitrogens with one attached hydrogen (secondary N) is 1. The molecule has 0 aliphatic carbocycles. The molecule has 1 aromatic rings. The highest BCUT2D eigenvalue weighted by Gasteiger charge is 2.27. The van der Waals surface area contributed by atoms with E-state index in [9.17, 15) is 14.4 Å². The van der Waals surface area contributed by atoms with Crippen molar-refractivity contribution in [2.75, 3.05) is 39.2 Å². The van der Waals surface area contributed by atoms with Crippen molar-refractivity contribution in [1.29, 1.82) is 0 Å². The number of carbonyl (C=O) groups is 3.